The van der Waals surface area contributed by atoms with E-state index in [0.29, 0.717) is 17.0 Å². The van der Waals surface area contributed by atoms with Crippen molar-refractivity contribution in [2.75, 3.05) is 0 Å². The van der Waals surface area contributed by atoms with E-state index in [4.69, 9.17) is 16.3 Å². The van der Waals surface area contributed by atoms with Gasteiger partial charge in [0.1, 0.15) is 6.10 Å². The fourth-order valence-electron chi connectivity index (χ4n) is 3.28. The molecule has 0 bridgehead atoms. The van der Waals surface area contributed by atoms with Gasteiger partial charge in [-0.15, -0.1) is 0 Å². The van der Waals surface area contributed by atoms with Gasteiger partial charge in [-0.2, -0.15) is 0 Å². The van der Waals surface area contributed by atoms with Crippen molar-refractivity contribution in [3.8, 4) is 5.88 Å². The first kappa shape index (κ1) is 15.7. The topological polar surface area (TPSA) is 75.0 Å². The third-order valence-electron chi connectivity index (χ3n) is 4.45. The van der Waals surface area contributed by atoms with E-state index in [1.54, 1.807) is 12.1 Å². The maximum atomic E-state index is 12.4. The molecule has 3 aromatic rings. The summed E-state index contributed by atoms with van der Waals surface area (Å²) in [5.41, 5.74) is 1.38. The van der Waals surface area contributed by atoms with Crippen molar-refractivity contribution in [2.45, 2.75) is 18.4 Å². The molecule has 6 heteroatoms. The lowest BCUT2D eigenvalue weighted by molar-refractivity contribution is 0.157. The molecule has 1 aromatic heterocycles. The fourth-order valence-corrected chi connectivity index (χ4v) is 3.40. The zero-order valence-electron chi connectivity index (χ0n) is 13.2. The number of aromatic amines is 2. The number of nitrogens with one attached hydrogen (secondary N) is 2. The maximum absolute atomic E-state index is 12.4. The molecule has 0 amide bonds. The van der Waals surface area contributed by atoms with Crippen molar-refractivity contribution < 1.29 is 4.74 Å². The minimum Gasteiger partial charge on any atom is -0.470 e. The second-order valence-electron chi connectivity index (χ2n) is 6.01. The van der Waals surface area contributed by atoms with Crippen LogP contribution in [0.3, 0.4) is 0 Å². The number of aromatic nitrogens is 2. The van der Waals surface area contributed by atoms with Gasteiger partial charge in [-0.3, -0.25) is 14.8 Å². The molecule has 0 radical (unpaired) electrons. The molecule has 2 unspecified atom stereocenters. The van der Waals surface area contributed by atoms with Gasteiger partial charge in [0, 0.05) is 10.9 Å². The molecule has 126 valence electrons. The van der Waals surface area contributed by atoms with Crippen LogP contribution in [0.25, 0.3) is 0 Å². The monoisotopic (exact) mass is 354 g/mol. The van der Waals surface area contributed by atoms with E-state index in [0.717, 1.165) is 11.1 Å². The van der Waals surface area contributed by atoms with Crippen LogP contribution in [0.15, 0.2) is 64.2 Å². The minimum atomic E-state index is -0.577. The Morgan fingerprint density at radius 1 is 0.920 bits per heavy atom. The van der Waals surface area contributed by atoms with E-state index >= 15 is 0 Å². The Kier molecular flexibility index (Phi) is 3.93. The third kappa shape index (κ3) is 2.98. The average molecular weight is 355 g/mol. The van der Waals surface area contributed by atoms with Crippen molar-refractivity contribution in [3.05, 3.63) is 97.1 Å². The molecule has 2 aromatic carbocycles. The summed E-state index contributed by atoms with van der Waals surface area (Å²) < 4.78 is 5.95. The highest BCUT2D eigenvalue weighted by Crippen LogP contribution is 2.42. The lowest BCUT2D eigenvalue weighted by Crippen LogP contribution is -2.33. The van der Waals surface area contributed by atoms with Crippen LogP contribution in [-0.2, 0) is 0 Å². The molecule has 2 atom stereocenters. The molecule has 4 rings (SSSR count). The Labute approximate surface area is 148 Å². The Bertz CT molecular complexity index is 1010. The van der Waals surface area contributed by atoms with Crippen LogP contribution in [0.5, 0.6) is 5.88 Å². The summed E-state index contributed by atoms with van der Waals surface area (Å²) in [6.07, 6.45) is 0.333. The quantitative estimate of drug-likeness (QED) is 0.740. The first-order chi connectivity index (χ1) is 12.1. The molecule has 25 heavy (non-hydrogen) atoms. The molecule has 0 saturated carbocycles. The summed E-state index contributed by atoms with van der Waals surface area (Å²) in [6.45, 7) is 0. The predicted molar refractivity (Wildman–Crippen MR) is 95.4 cm³/mol. The van der Waals surface area contributed by atoms with Crippen LogP contribution in [0.4, 0.5) is 0 Å². The van der Waals surface area contributed by atoms with Crippen LogP contribution >= 0.6 is 11.6 Å². The lowest BCUT2D eigenvalue weighted by atomic mass is 9.84. The third-order valence-corrected chi connectivity index (χ3v) is 4.70. The number of hydrogen-bond donors (Lipinski definition) is 2. The number of H-pyrrole nitrogens is 2. The number of rotatable bonds is 2. The van der Waals surface area contributed by atoms with Gasteiger partial charge in [0.2, 0.25) is 5.88 Å². The van der Waals surface area contributed by atoms with Crippen LogP contribution < -0.4 is 16.0 Å². The SMILES string of the molecule is O=c1[nH]c2c(c(=O)[nH]1)C(c1ccc(Cl)cc1)CC(c1ccccc1)O2. The zero-order valence-corrected chi connectivity index (χ0v) is 13.9. The van der Waals surface area contributed by atoms with E-state index in [1.165, 1.54) is 0 Å². The summed E-state index contributed by atoms with van der Waals surface area (Å²) in [5, 5.41) is 0.631. The molecular formula is C19H15ClN2O3. The molecule has 1 aliphatic heterocycles. The Morgan fingerprint density at radius 2 is 1.64 bits per heavy atom. The van der Waals surface area contributed by atoms with Gasteiger partial charge >= 0.3 is 5.69 Å². The minimum absolute atomic E-state index is 0.202. The Balaban J connectivity index is 1.86. The van der Waals surface area contributed by atoms with Crippen molar-refractivity contribution >= 4 is 11.6 Å². The van der Waals surface area contributed by atoms with Crippen LogP contribution in [0, 0.1) is 0 Å². The zero-order chi connectivity index (χ0) is 17.4. The van der Waals surface area contributed by atoms with Crippen molar-refractivity contribution in [1.82, 2.24) is 9.97 Å². The normalized spacial score (nSPS) is 19.1. The van der Waals surface area contributed by atoms with Crippen LogP contribution in [-0.4, -0.2) is 9.97 Å². The molecular weight excluding hydrogens is 340 g/mol. The molecule has 0 saturated heterocycles. The van der Waals surface area contributed by atoms with Crippen molar-refractivity contribution in [3.63, 3.8) is 0 Å². The van der Waals surface area contributed by atoms with Gasteiger partial charge in [-0.1, -0.05) is 54.1 Å². The largest absolute Gasteiger partial charge is 0.470 e. The maximum Gasteiger partial charge on any atom is 0.328 e. The number of halogens is 1. The van der Waals surface area contributed by atoms with Crippen LogP contribution in [0.2, 0.25) is 5.02 Å². The summed E-state index contributed by atoms with van der Waals surface area (Å²) in [4.78, 5) is 29.0. The first-order valence-electron chi connectivity index (χ1n) is 7.95. The highest BCUT2D eigenvalue weighted by molar-refractivity contribution is 6.30. The number of benzene rings is 2. The molecule has 2 N–H and O–H groups in total. The van der Waals surface area contributed by atoms with E-state index in [2.05, 4.69) is 9.97 Å². The van der Waals surface area contributed by atoms with Gasteiger partial charge in [-0.25, -0.2) is 4.79 Å². The van der Waals surface area contributed by atoms with Crippen LogP contribution in [0.1, 0.15) is 35.1 Å². The summed E-state index contributed by atoms with van der Waals surface area (Å²) >= 11 is 5.99. The van der Waals surface area contributed by atoms with Gasteiger partial charge < -0.3 is 4.74 Å². The second kappa shape index (κ2) is 6.26. The molecule has 0 aliphatic carbocycles. The Hall–Kier alpha value is -2.79. The van der Waals surface area contributed by atoms with Gasteiger partial charge in [-0.05, 0) is 29.7 Å². The smallest absolute Gasteiger partial charge is 0.328 e. The molecule has 0 fully saturated rings. The summed E-state index contributed by atoms with van der Waals surface area (Å²) in [6, 6.07) is 17.1. The number of fused-ring (bicyclic) bond motifs is 1. The molecule has 0 spiro atoms. The van der Waals surface area contributed by atoms with Gasteiger partial charge in [0.05, 0.1) is 5.56 Å². The predicted octanol–water partition coefficient (Wildman–Crippen LogP) is 3.37. The summed E-state index contributed by atoms with van der Waals surface area (Å²) in [5.74, 6) is 0.0284. The van der Waals surface area contributed by atoms with E-state index < -0.39 is 11.2 Å². The standard InChI is InChI=1S/C19H15ClN2O3/c20-13-8-6-11(7-9-13)14-10-15(12-4-2-1-3-5-12)25-18-16(14)17(23)21-19(24)22-18/h1-9,14-15H,10H2,(H2,21,22,23,24). The fraction of sp³-hybridized carbons (Fsp3) is 0.158. The highest BCUT2D eigenvalue weighted by Gasteiger charge is 2.33. The second-order valence-corrected chi connectivity index (χ2v) is 6.44. The van der Waals surface area contributed by atoms with E-state index in [9.17, 15) is 9.59 Å². The number of hydrogen-bond acceptors (Lipinski definition) is 3. The van der Waals surface area contributed by atoms with Crippen molar-refractivity contribution in [1.29, 1.82) is 0 Å². The van der Waals surface area contributed by atoms with E-state index in [1.807, 2.05) is 42.5 Å². The molecule has 5 nitrogen and oxygen atoms in total. The first-order valence-corrected chi connectivity index (χ1v) is 8.33. The summed E-state index contributed by atoms with van der Waals surface area (Å²) in [7, 11) is 0. The Morgan fingerprint density at radius 3 is 2.36 bits per heavy atom. The lowest BCUT2D eigenvalue weighted by Gasteiger charge is -2.31. The highest BCUT2D eigenvalue weighted by atomic mass is 35.5. The van der Waals surface area contributed by atoms with Gasteiger partial charge in [0.15, 0.2) is 0 Å². The van der Waals surface area contributed by atoms with Gasteiger partial charge in [0.25, 0.3) is 5.56 Å². The molecule has 1 aliphatic rings. The van der Waals surface area contributed by atoms with E-state index in [-0.39, 0.29) is 17.9 Å². The average Bonchev–Trinajstić information content (AvgIpc) is 2.62. The van der Waals surface area contributed by atoms with Crippen molar-refractivity contribution in [2.24, 2.45) is 0 Å². The molecule has 2 heterocycles. The number of ether oxygens (including phenoxy) is 1.